The Kier molecular flexibility index (Phi) is 4.57. The van der Waals surface area contributed by atoms with E-state index in [1.165, 1.54) is 0 Å². The van der Waals surface area contributed by atoms with Crippen LogP contribution in [-0.4, -0.2) is 41.5 Å². The van der Waals surface area contributed by atoms with Gasteiger partial charge in [0.2, 0.25) is 5.91 Å². The molecule has 2 aliphatic carbocycles. The molecule has 1 aliphatic heterocycles. The van der Waals surface area contributed by atoms with Crippen molar-refractivity contribution in [2.24, 2.45) is 17.6 Å². The molecule has 0 aromatic carbocycles. The molecule has 3 fully saturated rings. The van der Waals surface area contributed by atoms with E-state index in [1.54, 1.807) is 0 Å². The topological polar surface area (TPSA) is 106 Å². The zero-order valence-electron chi connectivity index (χ0n) is 13.5. The third-order valence-electron chi connectivity index (χ3n) is 5.95. The lowest BCUT2D eigenvalue weighted by molar-refractivity contribution is -0.131. The van der Waals surface area contributed by atoms with Gasteiger partial charge in [0.15, 0.2) is 0 Å². The van der Waals surface area contributed by atoms with Crippen LogP contribution in [-0.2, 0) is 4.79 Å². The third kappa shape index (κ3) is 3.20. The van der Waals surface area contributed by atoms with Gasteiger partial charge in [-0.3, -0.25) is 4.79 Å². The van der Waals surface area contributed by atoms with Crippen LogP contribution in [0, 0.1) is 34.5 Å². The van der Waals surface area contributed by atoms with Gasteiger partial charge in [0.05, 0.1) is 25.1 Å². The second-order valence-corrected chi connectivity index (χ2v) is 7.46. The predicted molar refractivity (Wildman–Crippen MR) is 84.7 cm³/mol. The molecule has 1 amide bonds. The normalized spacial score (nSPS) is 39.0. The molecule has 5 atom stereocenters. The van der Waals surface area contributed by atoms with E-state index in [-0.39, 0.29) is 29.4 Å². The maximum absolute atomic E-state index is 12.4. The Morgan fingerprint density at radius 2 is 2.17 bits per heavy atom. The Balaban J connectivity index is 1.48. The number of amides is 1. The van der Waals surface area contributed by atoms with Gasteiger partial charge in [-0.15, -0.1) is 0 Å². The van der Waals surface area contributed by atoms with Crippen LogP contribution < -0.4 is 11.1 Å². The van der Waals surface area contributed by atoms with Crippen LogP contribution >= 0.6 is 0 Å². The van der Waals surface area contributed by atoms with E-state index in [9.17, 15) is 4.79 Å². The van der Waals surface area contributed by atoms with Gasteiger partial charge in [0.25, 0.3) is 0 Å². The van der Waals surface area contributed by atoms with Crippen molar-refractivity contribution < 1.29 is 4.79 Å². The molecule has 3 N–H and O–H groups in total. The molecule has 1 saturated heterocycles. The van der Waals surface area contributed by atoms with Gasteiger partial charge >= 0.3 is 0 Å². The average molecular weight is 315 g/mol. The highest BCUT2D eigenvalue weighted by Crippen LogP contribution is 2.48. The van der Waals surface area contributed by atoms with Gasteiger partial charge < -0.3 is 16.0 Å². The van der Waals surface area contributed by atoms with Gasteiger partial charge in [-0.25, -0.2) is 0 Å². The standard InChI is InChI=1S/C17H25N5O/c18-4-3-15-2-1-5-22(15)16(23)11-21-14-7-13-6-12(10-19)8-17(13,20)9-14/h12-15,21H,1-3,5-9,11,20H2/t12?,13-,14+,15+,17-/m1/s1. The minimum atomic E-state index is -0.224. The first-order chi connectivity index (χ1) is 11.1. The Labute approximate surface area is 137 Å². The van der Waals surface area contributed by atoms with Gasteiger partial charge in [0.1, 0.15) is 0 Å². The van der Waals surface area contributed by atoms with Crippen molar-refractivity contribution in [1.29, 1.82) is 10.5 Å². The second-order valence-electron chi connectivity index (χ2n) is 7.46. The first-order valence-corrected chi connectivity index (χ1v) is 8.64. The lowest BCUT2D eigenvalue weighted by Crippen LogP contribution is -2.44. The van der Waals surface area contributed by atoms with E-state index in [0.717, 1.165) is 45.1 Å². The summed E-state index contributed by atoms with van der Waals surface area (Å²) >= 11 is 0. The maximum Gasteiger partial charge on any atom is 0.236 e. The molecule has 3 aliphatic rings. The number of nitrogens with zero attached hydrogens (tertiary/aromatic N) is 3. The zero-order chi connectivity index (χ0) is 16.4. The fourth-order valence-electron chi connectivity index (χ4n) is 4.82. The van der Waals surface area contributed by atoms with Gasteiger partial charge in [-0.1, -0.05) is 0 Å². The fraction of sp³-hybridized carbons (Fsp3) is 0.824. The third-order valence-corrected chi connectivity index (χ3v) is 5.95. The number of carbonyl (C=O) groups excluding carboxylic acids is 1. The fourth-order valence-corrected chi connectivity index (χ4v) is 4.82. The summed E-state index contributed by atoms with van der Waals surface area (Å²) in [5, 5.41) is 21.3. The number of nitrogens with two attached hydrogens (primary N) is 1. The summed E-state index contributed by atoms with van der Waals surface area (Å²) < 4.78 is 0. The summed E-state index contributed by atoms with van der Waals surface area (Å²) in [7, 11) is 0. The number of carbonyl (C=O) groups is 1. The van der Waals surface area contributed by atoms with E-state index in [1.807, 2.05) is 4.90 Å². The van der Waals surface area contributed by atoms with Crippen LogP contribution in [0.2, 0.25) is 0 Å². The van der Waals surface area contributed by atoms with Crippen molar-refractivity contribution >= 4 is 5.91 Å². The van der Waals surface area contributed by atoms with Crippen LogP contribution in [0.15, 0.2) is 0 Å². The number of likely N-dealkylation sites (tertiary alicyclic amines) is 1. The molecular weight excluding hydrogens is 290 g/mol. The summed E-state index contributed by atoms with van der Waals surface area (Å²) in [5.41, 5.74) is 6.26. The highest BCUT2D eigenvalue weighted by atomic mass is 16.2. The molecular formula is C17H25N5O. The van der Waals surface area contributed by atoms with E-state index in [0.29, 0.717) is 18.9 Å². The second kappa shape index (κ2) is 6.47. The Morgan fingerprint density at radius 1 is 1.35 bits per heavy atom. The minimum absolute atomic E-state index is 0.0921. The van der Waals surface area contributed by atoms with Crippen molar-refractivity contribution in [3.05, 3.63) is 0 Å². The van der Waals surface area contributed by atoms with Crippen molar-refractivity contribution in [2.45, 2.75) is 62.6 Å². The first kappa shape index (κ1) is 16.2. The monoisotopic (exact) mass is 315 g/mol. The number of nitrogens with one attached hydrogen (secondary N) is 1. The predicted octanol–water partition coefficient (Wildman–Crippen LogP) is 0.890. The molecule has 23 heavy (non-hydrogen) atoms. The van der Waals surface area contributed by atoms with Crippen molar-refractivity contribution in [3.63, 3.8) is 0 Å². The number of nitriles is 2. The smallest absolute Gasteiger partial charge is 0.236 e. The van der Waals surface area contributed by atoms with Crippen molar-refractivity contribution in [3.8, 4) is 12.1 Å². The highest BCUT2D eigenvalue weighted by Gasteiger charge is 2.50. The van der Waals surface area contributed by atoms with Crippen molar-refractivity contribution in [1.82, 2.24) is 10.2 Å². The first-order valence-electron chi connectivity index (χ1n) is 8.64. The molecule has 1 unspecified atom stereocenters. The summed E-state index contributed by atoms with van der Waals surface area (Å²) in [4.78, 5) is 14.2. The zero-order valence-corrected chi connectivity index (χ0v) is 13.5. The van der Waals surface area contributed by atoms with Crippen molar-refractivity contribution in [2.75, 3.05) is 13.1 Å². The Hall–Kier alpha value is -1.63. The molecule has 6 nitrogen and oxygen atoms in total. The SMILES string of the molecule is N#CC[C@@H]1CCCN1C(=O)CN[C@H]1C[C@H]2CC(C#N)C[C@@]2(N)C1. The molecule has 2 saturated carbocycles. The summed E-state index contributed by atoms with van der Waals surface area (Å²) in [5.74, 6) is 0.600. The van der Waals surface area contributed by atoms with Crippen LogP contribution in [0.25, 0.3) is 0 Å². The number of fused-ring (bicyclic) bond motifs is 1. The number of hydrogen-bond donors (Lipinski definition) is 2. The molecule has 0 aromatic heterocycles. The van der Waals surface area contributed by atoms with Crippen LogP contribution in [0.4, 0.5) is 0 Å². The van der Waals surface area contributed by atoms with Gasteiger partial charge in [-0.2, -0.15) is 10.5 Å². The lowest BCUT2D eigenvalue weighted by atomic mass is 9.92. The van der Waals surface area contributed by atoms with E-state index < -0.39 is 0 Å². The van der Waals surface area contributed by atoms with E-state index >= 15 is 0 Å². The summed E-state index contributed by atoms with van der Waals surface area (Å²) in [6.07, 6.45) is 5.86. The quantitative estimate of drug-likeness (QED) is 0.801. The van der Waals surface area contributed by atoms with Gasteiger partial charge in [0, 0.05) is 30.1 Å². The maximum atomic E-state index is 12.4. The molecule has 0 spiro atoms. The number of hydrogen-bond acceptors (Lipinski definition) is 5. The van der Waals surface area contributed by atoms with Crippen LogP contribution in [0.1, 0.15) is 44.9 Å². The Morgan fingerprint density at radius 3 is 2.87 bits per heavy atom. The van der Waals surface area contributed by atoms with Crippen LogP contribution in [0.3, 0.4) is 0 Å². The molecule has 1 heterocycles. The molecule has 0 aromatic rings. The number of rotatable bonds is 4. The van der Waals surface area contributed by atoms with Gasteiger partial charge in [-0.05, 0) is 44.4 Å². The molecule has 0 radical (unpaired) electrons. The molecule has 3 rings (SSSR count). The largest absolute Gasteiger partial charge is 0.338 e. The summed E-state index contributed by atoms with van der Waals surface area (Å²) in [6.45, 7) is 1.10. The van der Waals surface area contributed by atoms with Crippen LogP contribution in [0.5, 0.6) is 0 Å². The summed E-state index contributed by atoms with van der Waals surface area (Å²) in [6, 6.07) is 4.89. The Bertz CT molecular complexity index is 550. The van der Waals surface area contributed by atoms with E-state index in [4.69, 9.17) is 16.3 Å². The molecule has 124 valence electrons. The average Bonchev–Trinajstić information content (AvgIpc) is 3.17. The molecule has 0 bridgehead atoms. The van der Waals surface area contributed by atoms with E-state index in [2.05, 4.69) is 17.5 Å². The molecule has 6 heteroatoms. The minimum Gasteiger partial charge on any atom is -0.338 e. The highest BCUT2D eigenvalue weighted by molar-refractivity contribution is 5.79. The lowest BCUT2D eigenvalue weighted by Gasteiger charge is -2.25.